The maximum absolute atomic E-state index is 11.9. The Morgan fingerprint density at radius 3 is 2.67 bits per heavy atom. The quantitative estimate of drug-likeness (QED) is 0.750. The molecule has 8 heteroatoms. The van der Waals surface area contributed by atoms with E-state index in [0.29, 0.717) is 13.1 Å². The molecule has 0 radical (unpaired) electrons. The van der Waals surface area contributed by atoms with Crippen molar-refractivity contribution in [2.24, 2.45) is 0 Å². The van der Waals surface area contributed by atoms with Crippen molar-refractivity contribution < 1.29 is 13.2 Å². The Labute approximate surface area is 105 Å². The van der Waals surface area contributed by atoms with E-state index in [9.17, 15) is 13.2 Å². The number of hydrogen-bond acceptors (Lipinski definition) is 5. The zero-order valence-electron chi connectivity index (χ0n) is 10.2. The van der Waals surface area contributed by atoms with Gasteiger partial charge in [0, 0.05) is 13.1 Å². The molecule has 7 nitrogen and oxygen atoms in total. The minimum atomic E-state index is -3.77. The summed E-state index contributed by atoms with van der Waals surface area (Å²) in [4.78, 5) is 16.9. The van der Waals surface area contributed by atoms with E-state index >= 15 is 0 Å². The van der Waals surface area contributed by atoms with Gasteiger partial charge in [0.1, 0.15) is 6.33 Å². The van der Waals surface area contributed by atoms with E-state index < -0.39 is 21.0 Å². The molecule has 1 aromatic heterocycles. The van der Waals surface area contributed by atoms with Gasteiger partial charge in [-0.05, 0) is 13.8 Å². The van der Waals surface area contributed by atoms with Crippen LogP contribution in [0.25, 0.3) is 0 Å². The van der Waals surface area contributed by atoms with E-state index in [1.807, 2.05) is 13.8 Å². The van der Waals surface area contributed by atoms with Crippen LogP contribution in [-0.2, 0) is 9.84 Å². The first kappa shape index (κ1) is 14.1. The second kappa shape index (κ2) is 5.61. The molecule has 1 heterocycles. The van der Waals surface area contributed by atoms with Gasteiger partial charge in [0.2, 0.25) is 9.84 Å². The van der Waals surface area contributed by atoms with Gasteiger partial charge in [0.15, 0.2) is 0 Å². The fourth-order valence-corrected chi connectivity index (χ4v) is 1.99. The maximum atomic E-state index is 11.9. The average molecular weight is 270 g/mol. The summed E-state index contributed by atoms with van der Waals surface area (Å²) in [6, 6.07) is -0.420. The molecule has 0 spiro atoms. The van der Waals surface area contributed by atoms with Gasteiger partial charge in [0.05, 0.1) is 5.41 Å². The summed E-state index contributed by atoms with van der Waals surface area (Å²) in [5.41, 5.74) is 2.14. The molecule has 0 atom stereocenters. The molecule has 18 heavy (non-hydrogen) atoms. The molecule has 1 rings (SSSR count). The van der Waals surface area contributed by atoms with Crippen molar-refractivity contribution in [1.82, 2.24) is 19.7 Å². The van der Waals surface area contributed by atoms with Gasteiger partial charge < -0.3 is 4.90 Å². The maximum Gasteiger partial charge on any atom is 0.346 e. The third-order valence-electron chi connectivity index (χ3n) is 2.19. The van der Waals surface area contributed by atoms with Crippen LogP contribution in [0.5, 0.6) is 0 Å². The molecule has 1 aromatic rings. The first-order valence-corrected chi connectivity index (χ1v) is 6.82. The predicted octanol–water partition coefficient (Wildman–Crippen LogP) is 0.660. The Morgan fingerprint density at radius 2 is 2.17 bits per heavy atom. The highest BCUT2D eigenvalue weighted by Crippen LogP contribution is 2.05. The van der Waals surface area contributed by atoms with E-state index in [1.54, 1.807) is 0 Å². The van der Waals surface area contributed by atoms with Crippen LogP contribution in [0.2, 0.25) is 0 Å². The molecule has 0 bridgehead atoms. The van der Waals surface area contributed by atoms with Crippen LogP contribution in [0.4, 0.5) is 4.79 Å². The number of rotatable bonds is 4. The lowest BCUT2D eigenvalue weighted by atomic mass is 10.5. The summed E-state index contributed by atoms with van der Waals surface area (Å²) >= 11 is 0. The van der Waals surface area contributed by atoms with Crippen molar-refractivity contribution in [3.8, 4) is 0 Å². The Kier molecular flexibility index (Phi) is 4.41. The summed E-state index contributed by atoms with van der Waals surface area (Å²) in [5, 5.41) is 3.96. The Balaban J connectivity index is 3.08. The van der Waals surface area contributed by atoms with Gasteiger partial charge in [-0.15, -0.1) is 10.8 Å². The Bertz CT molecular complexity index is 580. The molecule has 0 saturated heterocycles. The van der Waals surface area contributed by atoms with E-state index in [4.69, 9.17) is 0 Å². The smallest absolute Gasteiger partial charge is 0.323 e. The molecule has 0 saturated carbocycles. The average Bonchev–Trinajstić information content (AvgIpc) is 2.80. The zero-order chi connectivity index (χ0) is 13.8. The highest BCUT2D eigenvalue weighted by Gasteiger charge is 2.20. The molecular weight excluding hydrogens is 256 g/mol. The van der Waals surface area contributed by atoms with E-state index in [2.05, 4.69) is 22.4 Å². The second-order valence-corrected chi connectivity index (χ2v) is 4.98. The molecule has 1 amide bonds. The van der Waals surface area contributed by atoms with Crippen LogP contribution in [0.15, 0.2) is 29.2 Å². The standard InChI is InChI=1S/C10H14N4O3S/c1-4-7-18(16,17)9-11-8-14(12-9)10(15)13(5-2)6-3/h7-8H,1,5-6H2,2-3H3. The van der Waals surface area contributed by atoms with E-state index in [0.717, 1.165) is 16.4 Å². The Hall–Kier alpha value is -1.92. The van der Waals surface area contributed by atoms with E-state index in [-0.39, 0.29) is 0 Å². The van der Waals surface area contributed by atoms with Crippen LogP contribution in [0, 0.1) is 0 Å². The van der Waals surface area contributed by atoms with Gasteiger partial charge in [0.25, 0.3) is 5.16 Å². The first-order valence-electron chi connectivity index (χ1n) is 5.28. The first-order chi connectivity index (χ1) is 8.46. The van der Waals surface area contributed by atoms with Crippen LogP contribution in [0.3, 0.4) is 0 Å². The molecule has 0 aliphatic rings. The summed E-state index contributed by atoms with van der Waals surface area (Å²) in [5.74, 6) is 0. The molecule has 0 aliphatic carbocycles. The number of amides is 1. The number of sulfone groups is 1. The van der Waals surface area contributed by atoms with Gasteiger partial charge in [-0.1, -0.05) is 6.58 Å². The summed E-state index contributed by atoms with van der Waals surface area (Å²) in [6.45, 7) is 7.81. The fourth-order valence-electron chi connectivity index (χ4n) is 1.27. The summed E-state index contributed by atoms with van der Waals surface area (Å²) in [7, 11) is -3.77. The molecule has 98 valence electrons. The third kappa shape index (κ3) is 2.85. The molecule has 0 N–H and O–H groups in total. The van der Waals surface area contributed by atoms with Crippen molar-refractivity contribution in [2.45, 2.75) is 19.0 Å². The summed E-state index contributed by atoms with van der Waals surface area (Å²) in [6.07, 6.45) is 1.07. The lowest BCUT2D eigenvalue weighted by Gasteiger charge is -2.17. The molecular formula is C10H14N4O3S. The number of nitrogens with zero attached hydrogens (tertiary/aromatic N) is 4. The fraction of sp³-hybridized carbons (Fsp3) is 0.400. The lowest BCUT2D eigenvalue weighted by Crippen LogP contribution is -2.34. The van der Waals surface area contributed by atoms with Gasteiger partial charge >= 0.3 is 6.03 Å². The van der Waals surface area contributed by atoms with Crippen molar-refractivity contribution in [2.75, 3.05) is 13.1 Å². The third-order valence-corrected chi connectivity index (χ3v) is 3.37. The van der Waals surface area contributed by atoms with E-state index in [1.165, 1.54) is 4.90 Å². The molecule has 0 fully saturated rings. The minimum Gasteiger partial charge on any atom is -0.323 e. The van der Waals surface area contributed by atoms with Crippen molar-refractivity contribution in [3.05, 3.63) is 24.0 Å². The van der Waals surface area contributed by atoms with Crippen molar-refractivity contribution in [3.63, 3.8) is 0 Å². The van der Waals surface area contributed by atoms with Crippen LogP contribution >= 0.6 is 0 Å². The number of carbonyl (C=O) groups excluding carboxylic acids is 1. The second-order valence-electron chi connectivity index (χ2n) is 3.29. The molecule has 0 aromatic carbocycles. The molecule has 0 unspecified atom stereocenters. The van der Waals surface area contributed by atoms with Crippen LogP contribution < -0.4 is 0 Å². The topological polar surface area (TPSA) is 85.2 Å². The monoisotopic (exact) mass is 270 g/mol. The number of carbonyl (C=O) groups is 1. The minimum absolute atomic E-state index is 0.420. The summed E-state index contributed by atoms with van der Waals surface area (Å²) < 4.78 is 24.0. The predicted molar refractivity (Wildman–Crippen MR) is 64.6 cm³/mol. The van der Waals surface area contributed by atoms with Gasteiger partial charge in [-0.25, -0.2) is 18.2 Å². The SMILES string of the molecule is C=C=CS(=O)(=O)c1ncn(C(=O)N(CC)CC)n1. The normalized spacial score (nSPS) is 10.8. The van der Waals surface area contributed by atoms with Crippen molar-refractivity contribution >= 4 is 15.9 Å². The lowest BCUT2D eigenvalue weighted by molar-refractivity contribution is 0.201. The van der Waals surface area contributed by atoms with Gasteiger partial charge in [-0.2, -0.15) is 4.68 Å². The number of aromatic nitrogens is 3. The van der Waals surface area contributed by atoms with Crippen molar-refractivity contribution in [1.29, 1.82) is 0 Å². The highest BCUT2D eigenvalue weighted by atomic mass is 32.2. The van der Waals surface area contributed by atoms with Gasteiger partial charge in [-0.3, -0.25) is 0 Å². The molecule has 0 aliphatic heterocycles. The number of hydrogen-bond donors (Lipinski definition) is 0. The Morgan fingerprint density at radius 1 is 1.56 bits per heavy atom. The van der Waals surface area contributed by atoms with Crippen LogP contribution in [-0.4, -0.2) is 47.2 Å². The largest absolute Gasteiger partial charge is 0.346 e. The zero-order valence-corrected chi connectivity index (χ0v) is 11.0. The highest BCUT2D eigenvalue weighted by molar-refractivity contribution is 7.94. The van der Waals surface area contributed by atoms with Crippen LogP contribution in [0.1, 0.15) is 13.8 Å².